The van der Waals surface area contributed by atoms with Gasteiger partial charge in [-0.15, -0.1) is 0 Å². The predicted octanol–water partition coefficient (Wildman–Crippen LogP) is 4.17. The van der Waals surface area contributed by atoms with Crippen molar-refractivity contribution < 1.29 is 4.74 Å². The van der Waals surface area contributed by atoms with Crippen molar-refractivity contribution in [3.63, 3.8) is 0 Å². The first-order valence-corrected chi connectivity index (χ1v) is 7.06. The average Bonchev–Trinajstić information content (AvgIpc) is 2.74. The molecule has 1 aromatic heterocycles. The summed E-state index contributed by atoms with van der Waals surface area (Å²) < 4.78 is 9.26. The lowest BCUT2D eigenvalue weighted by molar-refractivity contribution is 0.412. The minimum Gasteiger partial charge on any atom is -0.495 e. The number of hydrogen-bond donors (Lipinski definition) is 1. The topological polar surface area (TPSA) is 26.2 Å². The Morgan fingerprint density at radius 2 is 2.06 bits per heavy atom. The summed E-state index contributed by atoms with van der Waals surface area (Å²) >= 11 is 6.99. The first-order chi connectivity index (χ1) is 8.60. The normalized spacial score (nSPS) is 10.4. The molecule has 1 aromatic carbocycles. The number of halogens is 2. The Balaban J connectivity index is 2.13. The highest BCUT2D eigenvalue weighted by molar-refractivity contribution is 9.11. The summed E-state index contributed by atoms with van der Waals surface area (Å²) in [4.78, 5) is 0. The maximum absolute atomic E-state index is 5.28. The third kappa shape index (κ3) is 3.09. The molecule has 0 aliphatic heterocycles. The Morgan fingerprint density at radius 1 is 1.28 bits per heavy atom. The molecule has 0 fully saturated rings. The van der Waals surface area contributed by atoms with Crippen LogP contribution >= 0.6 is 31.9 Å². The van der Waals surface area contributed by atoms with Crippen molar-refractivity contribution in [1.29, 1.82) is 0 Å². The molecule has 0 spiro atoms. The molecule has 0 bridgehead atoms. The van der Waals surface area contributed by atoms with Gasteiger partial charge in [0.1, 0.15) is 5.75 Å². The van der Waals surface area contributed by atoms with E-state index >= 15 is 0 Å². The highest BCUT2D eigenvalue weighted by atomic mass is 79.9. The lowest BCUT2D eigenvalue weighted by atomic mass is 10.2. The molecule has 0 unspecified atom stereocenters. The number of nitrogens with one attached hydrogen (secondary N) is 1. The zero-order valence-corrected chi connectivity index (χ0v) is 13.4. The van der Waals surface area contributed by atoms with Gasteiger partial charge in [-0.25, -0.2) is 0 Å². The first-order valence-electron chi connectivity index (χ1n) is 5.48. The van der Waals surface area contributed by atoms with Gasteiger partial charge in [0, 0.05) is 36.5 Å². The van der Waals surface area contributed by atoms with Crippen LogP contribution in [-0.2, 0) is 13.6 Å². The molecule has 0 atom stereocenters. The third-order valence-corrected chi connectivity index (χ3v) is 3.89. The van der Waals surface area contributed by atoms with Gasteiger partial charge in [-0.3, -0.25) is 0 Å². The smallest absolute Gasteiger partial charge is 0.135 e. The Labute approximate surface area is 123 Å². The SMILES string of the molecule is COc1cc(NCc2ccn(C)c2)c(Br)cc1Br. The number of hydrogen-bond acceptors (Lipinski definition) is 2. The zero-order valence-electron chi connectivity index (χ0n) is 10.2. The maximum Gasteiger partial charge on any atom is 0.135 e. The second-order valence-electron chi connectivity index (χ2n) is 4.01. The van der Waals surface area contributed by atoms with E-state index in [1.54, 1.807) is 7.11 Å². The molecule has 1 N–H and O–H groups in total. The number of ether oxygens (including phenoxy) is 1. The molecule has 1 heterocycles. The molecule has 0 radical (unpaired) electrons. The van der Waals surface area contributed by atoms with Gasteiger partial charge in [0.15, 0.2) is 0 Å². The summed E-state index contributed by atoms with van der Waals surface area (Å²) in [5.41, 5.74) is 2.25. The first kappa shape index (κ1) is 13.5. The minimum absolute atomic E-state index is 0.782. The summed E-state index contributed by atoms with van der Waals surface area (Å²) in [6.45, 7) is 0.782. The van der Waals surface area contributed by atoms with E-state index < -0.39 is 0 Å². The van der Waals surface area contributed by atoms with Crippen molar-refractivity contribution in [2.75, 3.05) is 12.4 Å². The Hall–Kier alpha value is -0.940. The van der Waals surface area contributed by atoms with Crippen molar-refractivity contribution in [2.45, 2.75) is 6.54 Å². The summed E-state index contributed by atoms with van der Waals surface area (Å²) in [6, 6.07) is 6.04. The van der Waals surface area contributed by atoms with Crippen LogP contribution in [0.3, 0.4) is 0 Å². The van der Waals surface area contributed by atoms with Crippen LogP contribution in [0, 0.1) is 0 Å². The van der Waals surface area contributed by atoms with Gasteiger partial charge < -0.3 is 14.6 Å². The van der Waals surface area contributed by atoms with Crippen LogP contribution in [-0.4, -0.2) is 11.7 Å². The van der Waals surface area contributed by atoms with Crippen molar-refractivity contribution >= 4 is 37.5 Å². The summed E-state index contributed by atoms with van der Waals surface area (Å²) in [7, 11) is 3.68. The molecule has 18 heavy (non-hydrogen) atoms. The van der Waals surface area contributed by atoms with Crippen LogP contribution in [0.4, 0.5) is 5.69 Å². The van der Waals surface area contributed by atoms with Gasteiger partial charge in [-0.1, -0.05) is 0 Å². The highest BCUT2D eigenvalue weighted by Crippen LogP contribution is 2.34. The van der Waals surface area contributed by atoms with Crippen molar-refractivity contribution in [1.82, 2.24) is 4.57 Å². The predicted molar refractivity (Wildman–Crippen MR) is 81.1 cm³/mol. The molecule has 0 aliphatic carbocycles. The van der Waals surface area contributed by atoms with Crippen molar-refractivity contribution in [3.8, 4) is 5.75 Å². The van der Waals surface area contributed by atoms with E-state index in [0.29, 0.717) is 0 Å². The van der Waals surface area contributed by atoms with Gasteiger partial charge in [0.2, 0.25) is 0 Å². The van der Waals surface area contributed by atoms with Crippen LogP contribution in [0.2, 0.25) is 0 Å². The van der Waals surface area contributed by atoms with Crippen LogP contribution in [0.15, 0.2) is 39.5 Å². The van der Waals surface area contributed by atoms with Gasteiger partial charge in [-0.2, -0.15) is 0 Å². The molecule has 2 aromatic rings. The molecular weight excluding hydrogens is 360 g/mol. The third-order valence-electron chi connectivity index (χ3n) is 2.62. The van der Waals surface area contributed by atoms with Gasteiger partial charge in [-0.05, 0) is 49.6 Å². The van der Waals surface area contributed by atoms with E-state index in [-0.39, 0.29) is 0 Å². The van der Waals surface area contributed by atoms with Gasteiger partial charge in [0.25, 0.3) is 0 Å². The Morgan fingerprint density at radius 3 is 2.67 bits per heavy atom. The molecule has 5 heteroatoms. The second-order valence-corrected chi connectivity index (χ2v) is 5.71. The molecule has 0 aliphatic rings. The largest absolute Gasteiger partial charge is 0.495 e. The number of benzene rings is 1. The number of aryl methyl sites for hydroxylation is 1. The fraction of sp³-hybridized carbons (Fsp3) is 0.231. The number of nitrogens with zero attached hydrogens (tertiary/aromatic N) is 1. The summed E-state index contributed by atoms with van der Waals surface area (Å²) in [5.74, 6) is 0.814. The van der Waals surface area contributed by atoms with E-state index in [1.807, 2.05) is 29.9 Å². The zero-order chi connectivity index (χ0) is 13.1. The van der Waals surface area contributed by atoms with Crippen LogP contribution in [0.25, 0.3) is 0 Å². The molecular formula is C13H14Br2N2O. The van der Waals surface area contributed by atoms with Crippen LogP contribution in [0.5, 0.6) is 5.75 Å². The number of methoxy groups -OCH3 is 1. The Kier molecular flexibility index (Phi) is 4.35. The number of anilines is 1. The van der Waals surface area contributed by atoms with Crippen molar-refractivity contribution in [2.24, 2.45) is 7.05 Å². The fourth-order valence-electron chi connectivity index (χ4n) is 1.68. The molecule has 0 amide bonds. The molecule has 3 nitrogen and oxygen atoms in total. The summed E-state index contributed by atoms with van der Waals surface area (Å²) in [6.07, 6.45) is 4.13. The van der Waals surface area contributed by atoms with Crippen LogP contribution in [0.1, 0.15) is 5.56 Å². The fourth-order valence-corrected chi connectivity index (χ4v) is 2.98. The van der Waals surface area contributed by atoms with Crippen LogP contribution < -0.4 is 10.1 Å². The summed E-state index contributed by atoms with van der Waals surface area (Å²) in [5, 5.41) is 3.38. The lowest BCUT2D eigenvalue weighted by Crippen LogP contribution is -2.00. The van der Waals surface area contributed by atoms with E-state index in [0.717, 1.165) is 26.9 Å². The van der Waals surface area contributed by atoms with Crippen molar-refractivity contribution in [3.05, 3.63) is 45.1 Å². The second kappa shape index (κ2) is 5.80. The highest BCUT2D eigenvalue weighted by Gasteiger charge is 2.07. The molecule has 96 valence electrons. The number of rotatable bonds is 4. The van der Waals surface area contributed by atoms with Gasteiger partial charge >= 0.3 is 0 Å². The maximum atomic E-state index is 5.28. The van der Waals surface area contributed by atoms with E-state index in [4.69, 9.17) is 4.74 Å². The standard InChI is InChI=1S/C13H14Br2N2O/c1-17-4-3-9(8-17)7-16-12-6-13(18-2)11(15)5-10(12)14/h3-6,8,16H,7H2,1-2H3. The van der Waals surface area contributed by atoms with E-state index in [1.165, 1.54) is 5.56 Å². The molecule has 0 saturated heterocycles. The Bertz CT molecular complexity index is 552. The monoisotopic (exact) mass is 372 g/mol. The number of aromatic nitrogens is 1. The quantitative estimate of drug-likeness (QED) is 0.870. The van der Waals surface area contributed by atoms with Gasteiger partial charge in [0.05, 0.1) is 17.3 Å². The minimum atomic E-state index is 0.782. The molecule has 0 saturated carbocycles. The van der Waals surface area contributed by atoms with E-state index in [2.05, 4.69) is 49.4 Å². The van der Waals surface area contributed by atoms with E-state index in [9.17, 15) is 0 Å². The lowest BCUT2D eigenvalue weighted by Gasteiger charge is -2.11. The molecule has 2 rings (SSSR count). The average molecular weight is 374 g/mol.